The Morgan fingerprint density at radius 2 is 1.79 bits per heavy atom. The van der Waals surface area contributed by atoms with Gasteiger partial charge in [-0.2, -0.15) is 5.10 Å². The molecule has 7 nitrogen and oxygen atoms in total. The molecule has 24 heavy (non-hydrogen) atoms. The molecule has 0 fully saturated rings. The van der Waals surface area contributed by atoms with Crippen molar-refractivity contribution in [2.75, 3.05) is 5.32 Å². The minimum atomic E-state index is -0.503. The summed E-state index contributed by atoms with van der Waals surface area (Å²) in [4.78, 5) is 22.4. The zero-order valence-electron chi connectivity index (χ0n) is 12.6. The fourth-order valence-electron chi connectivity index (χ4n) is 2.24. The molecule has 0 aliphatic rings. The van der Waals surface area contributed by atoms with E-state index in [9.17, 15) is 14.9 Å². The Hall–Kier alpha value is -3.48. The molecule has 1 N–H and O–H groups in total. The summed E-state index contributed by atoms with van der Waals surface area (Å²) in [7, 11) is 0. The maximum absolute atomic E-state index is 12.3. The van der Waals surface area contributed by atoms with E-state index in [1.807, 2.05) is 30.3 Å². The third kappa shape index (κ3) is 3.46. The maximum Gasteiger partial charge on any atom is 0.269 e. The van der Waals surface area contributed by atoms with Crippen molar-refractivity contribution in [3.05, 3.63) is 88.1 Å². The molecule has 0 spiro atoms. The van der Waals surface area contributed by atoms with Crippen molar-refractivity contribution < 1.29 is 9.72 Å². The molecular weight excluding hydrogens is 308 g/mol. The number of nitro groups is 1. The third-order valence-corrected chi connectivity index (χ3v) is 3.47. The van der Waals surface area contributed by atoms with Gasteiger partial charge >= 0.3 is 0 Å². The molecule has 0 aliphatic carbocycles. The van der Waals surface area contributed by atoms with Crippen LogP contribution in [-0.4, -0.2) is 20.6 Å². The van der Waals surface area contributed by atoms with E-state index >= 15 is 0 Å². The van der Waals surface area contributed by atoms with Crippen LogP contribution in [0.2, 0.25) is 0 Å². The lowest BCUT2D eigenvalue weighted by Crippen LogP contribution is -2.16. The highest BCUT2D eigenvalue weighted by atomic mass is 16.6. The van der Waals surface area contributed by atoms with Crippen LogP contribution in [-0.2, 0) is 6.54 Å². The number of hydrogen-bond acceptors (Lipinski definition) is 4. The molecule has 120 valence electrons. The van der Waals surface area contributed by atoms with Crippen molar-refractivity contribution >= 4 is 17.4 Å². The first-order valence-electron chi connectivity index (χ1n) is 7.25. The Balaban J connectivity index is 1.73. The second kappa shape index (κ2) is 6.74. The van der Waals surface area contributed by atoms with Gasteiger partial charge in [-0.05, 0) is 17.7 Å². The average molecular weight is 322 g/mol. The van der Waals surface area contributed by atoms with E-state index in [-0.39, 0.29) is 11.6 Å². The molecule has 3 rings (SSSR count). The topological polar surface area (TPSA) is 90.1 Å². The SMILES string of the molecule is O=C(Nc1ccnn1Cc1ccccc1)c1ccc([N+](=O)[O-])cc1. The largest absolute Gasteiger partial charge is 0.307 e. The van der Waals surface area contributed by atoms with Crippen LogP contribution < -0.4 is 5.32 Å². The Morgan fingerprint density at radius 1 is 1.08 bits per heavy atom. The second-order valence-corrected chi connectivity index (χ2v) is 5.12. The quantitative estimate of drug-likeness (QED) is 0.577. The van der Waals surface area contributed by atoms with Crippen molar-refractivity contribution in [1.29, 1.82) is 0 Å². The molecule has 2 aromatic carbocycles. The van der Waals surface area contributed by atoms with E-state index in [0.717, 1.165) is 5.56 Å². The highest BCUT2D eigenvalue weighted by Crippen LogP contribution is 2.15. The van der Waals surface area contributed by atoms with Crippen molar-refractivity contribution in [3.63, 3.8) is 0 Å². The van der Waals surface area contributed by atoms with E-state index in [2.05, 4.69) is 10.4 Å². The molecule has 0 saturated heterocycles. The van der Waals surface area contributed by atoms with Crippen LogP contribution in [0, 0.1) is 10.1 Å². The van der Waals surface area contributed by atoms with Gasteiger partial charge < -0.3 is 5.32 Å². The lowest BCUT2D eigenvalue weighted by molar-refractivity contribution is -0.384. The zero-order valence-corrected chi connectivity index (χ0v) is 12.6. The van der Waals surface area contributed by atoms with Gasteiger partial charge in [-0.3, -0.25) is 14.9 Å². The number of nitrogens with one attached hydrogen (secondary N) is 1. The zero-order chi connectivity index (χ0) is 16.9. The summed E-state index contributed by atoms with van der Waals surface area (Å²) in [5.41, 5.74) is 1.35. The number of nitrogens with zero attached hydrogens (tertiary/aromatic N) is 3. The van der Waals surface area contributed by atoms with Crippen LogP contribution in [0.15, 0.2) is 66.9 Å². The number of benzene rings is 2. The number of rotatable bonds is 5. The van der Waals surface area contributed by atoms with Crippen molar-refractivity contribution in [2.24, 2.45) is 0 Å². The van der Waals surface area contributed by atoms with Gasteiger partial charge in [-0.15, -0.1) is 0 Å². The van der Waals surface area contributed by atoms with Crippen LogP contribution >= 0.6 is 0 Å². The predicted octanol–water partition coefficient (Wildman–Crippen LogP) is 3.09. The van der Waals surface area contributed by atoms with Gasteiger partial charge in [0.1, 0.15) is 5.82 Å². The molecule has 0 saturated carbocycles. The normalized spacial score (nSPS) is 10.3. The first-order valence-corrected chi connectivity index (χ1v) is 7.25. The summed E-state index contributed by atoms with van der Waals surface area (Å²) in [5.74, 6) is 0.210. The summed E-state index contributed by atoms with van der Waals surface area (Å²) in [5, 5.41) is 17.6. The second-order valence-electron chi connectivity index (χ2n) is 5.12. The number of carbonyl (C=O) groups excluding carboxylic acids is 1. The molecule has 0 atom stereocenters. The molecule has 0 bridgehead atoms. The smallest absolute Gasteiger partial charge is 0.269 e. The molecule has 1 heterocycles. The summed E-state index contributed by atoms with van der Waals surface area (Å²) in [6.45, 7) is 0.531. The Kier molecular flexibility index (Phi) is 4.33. The molecule has 3 aromatic rings. The van der Waals surface area contributed by atoms with Crippen molar-refractivity contribution in [2.45, 2.75) is 6.54 Å². The molecule has 0 radical (unpaired) electrons. The molecule has 7 heteroatoms. The first kappa shape index (κ1) is 15.4. The minimum absolute atomic E-state index is 0.0549. The Labute approximate surface area is 137 Å². The maximum atomic E-state index is 12.3. The van der Waals surface area contributed by atoms with Crippen LogP contribution in [0.4, 0.5) is 11.5 Å². The van der Waals surface area contributed by atoms with Crippen LogP contribution in [0.3, 0.4) is 0 Å². The monoisotopic (exact) mass is 322 g/mol. The molecule has 1 aromatic heterocycles. The van der Waals surface area contributed by atoms with Gasteiger partial charge in [0, 0.05) is 23.8 Å². The summed E-state index contributed by atoms with van der Waals surface area (Å²) in [6.07, 6.45) is 1.61. The van der Waals surface area contributed by atoms with Crippen LogP contribution in [0.1, 0.15) is 15.9 Å². The molecule has 1 amide bonds. The number of anilines is 1. The van der Waals surface area contributed by atoms with E-state index in [4.69, 9.17) is 0 Å². The number of hydrogen-bond donors (Lipinski definition) is 1. The number of non-ortho nitro benzene ring substituents is 1. The van der Waals surface area contributed by atoms with E-state index in [0.29, 0.717) is 17.9 Å². The summed E-state index contributed by atoms with van der Waals surface area (Å²) >= 11 is 0. The van der Waals surface area contributed by atoms with E-state index in [1.54, 1.807) is 16.9 Å². The van der Waals surface area contributed by atoms with E-state index in [1.165, 1.54) is 24.3 Å². The van der Waals surface area contributed by atoms with Gasteiger partial charge in [-0.25, -0.2) is 4.68 Å². The van der Waals surface area contributed by atoms with Crippen molar-refractivity contribution in [3.8, 4) is 0 Å². The number of aromatic nitrogens is 2. The summed E-state index contributed by atoms with van der Waals surface area (Å²) < 4.78 is 1.68. The van der Waals surface area contributed by atoms with Gasteiger partial charge in [0.15, 0.2) is 0 Å². The summed E-state index contributed by atoms with van der Waals surface area (Å²) in [6, 6.07) is 16.9. The van der Waals surface area contributed by atoms with Crippen LogP contribution in [0.5, 0.6) is 0 Å². The van der Waals surface area contributed by atoms with Crippen LogP contribution in [0.25, 0.3) is 0 Å². The lowest BCUT2D eigenvalue weighted by Gasteiger charge is -2.09. The Bertz CT molecular complexity index is 857. The van der Waals surface area contributed by atoms with Gasteiger partial charge in [0.05, 0.1) is 17.7 Å². The standard InChI is InChI=1S/C17H14N4O3/c22-17(14-6-8-15(9-7-14)21(23)24)19-16-10-11-18-20(16)12-13-4-2-1-3-5-13/h1-11H,12H2,(H,19,22). The predicted molar refractivity (Wildman–Crippen MR) is 88.8 cm³/mol. The third-order valence-electron chi connectivity index (χ3n) is 3.47. The highest BCUT2D eigenvalue weighted by molar-refractivity contribution is 6.03. The molecular formula is C17H14N4O3. The molecule has 0 aliphatic heterocycles. The number of carbonyl (C=O) groups is 1. The fourth-order valence-corrected chi connectivity index (χ4v) is 2.24. The van der Waals surface area contributed by atoms with Gasteiger partial charge in [0.2, 0.25) is 0 Å². The Morgan fingerprint density at radius 3 is 2.46 bits per heavy atom. The fraction of sp³-hybridized carbons (Fsp3) is 0.0588. The highest BCUT2D eigenvalue weighted by Gasteiger charge is 2.12. The average Bonchev–Trinajstić information content (AvgIpc) is 3.02. The van der Waals surface area contributed by atoms with Gasteiger partial charge in [-0.1, -0.05) is 30.3 Å². The first-order chi connectivity index (χ1) is 11.6. The van der Waals surface area contributed by atoms with Gasteiger partial charge in [0.25, 0.3) is 11.6 Å². The molecule has 0 unspecified atom stereocenters. The minimum Gasteiger partial charge on any atom is -0.307 e. The lowest BCUT2D eigenvalue weighted by atomic mass is 10.2. The number of nitro benzene ring substituents is 1. The number of amides is 1. The van der Waals surface area contributed by atoms with E-state index < -0.39 is 4.92 Å². The van der Waals surface area contributed by atoms with Crippen molar-refractivity contribution in [1.82, 2.24) is 9.78 Å².